The van der Waals surface area contributed by atoms with Gasteiger partial charge in [0, 0.05) is 38.1 Å². The van der Waals surface area contributed by atoms with Crippen LogP contribution in [0.3, 0.4) is 0 Å². The van der Waals surface area contributed by atoms with Crippen LogP contribution >= 0.6 is 0 Å². The minimum atomic E-state index is -1.02. The first kappa shape index (κ1) is 25.1. The maximum absolute atomic E-state index is 13.6. The van der Waals surface area contributed by atoms with Gasteiger partial charge >= 0.3 is 5.97 Å². The van der Waals surface area contributed by atoms with Crippen LogP contribution in [-0.4, -0.2) is 41.0 Å². The normalized spacial score (nSPS) is 14.9. The number of aliphatic carboxylic acids is 1. The van der Waals surface area contributed by atoms with Crippen molar-refractivity contribution in [2.75, 3.05) is 24.3 Å². The minimum Gasteiger partial charge on any atom is -0.478 e. The fourth-order valence-corrected chi connectivity index (χ4v) is 4.78. The zero-order valence-corrected chi connectivity index (χ0v) is 20.8. The number of benzene rings is 1. The van der Waals surface area contributed by atoms with Gasteiger partial charge in [0.15, 0.2) is 0 Å². The summed E-state index contributed by atoms with van der Waals surface area (Å²) in [7, 11) is 3.94. The van der Waals surface area contributed by atoms with Gasteiger partial charge in [-0.15, -0.1) is 0 Å². The average molecular weight is 485 g/mol. The summed E-state index contributed by atoms with van der Waals surface area (Å²) >= 11 is 0. The van der Waals surface area contributed by atoms with Gasteiger partial charge in [0.05, 0.1) is 5.41 Å². The predicted octanol–water partition coefficient (Wildman–Crippen LogP) is 5.44. The third kappa shape index (κ3) is 6.16. The SMILES string of the molecule is CN(C)c1ccc(-c2ccc(CC3(C(=O)Nc4cc(/C=C/C(=O)O)ccn4)CCCCC3)cc2)cn1. The van der Waals surface area contributed by atoms with Gasteiger partial charge in [-0.2, -0.15) is 0 Å². The van der Waals surface area contributed by atoms with Crippen molar-refractivity contribution >= 4 is 29.6 Å². The highest BCUT2D eigenvalue weighted by Gasteiger charge is 2.39. The second-order valence-corrected chi connectivity index (χ2v) is 9.61. The lowest BCUT2D eigenvalue weighted by Gasteiger charge is -2.36. The van der Waals surface area contributed by atoms with Gasteiger partial charge in [0.25, 0.3) is 0 Å². The summed E-state index contributed by atoms with van der Waals surface area (Å²) in [4.78, 5) is 35.1. The van der Waals surface area contributed by atoms with E-state index < -0.39 is 11.4 Å². The van der Waals surface area contributed by atoms with Gasteiger partial charge < -0.3 is 15.3 Å². The van der Waals surface area contributed by atoms with Crippen molar-refractivity contribution in [3.8, 4) is 11.1 Å². The van der Waals surface area contributed by atoms with Gasteiger partial charge in [-0.3, -0.25) is 4.79 Å². The average Bonchev–Trinajstić information content (AvgIpc) is 2.89. The summed E-state index contributed by atoms with van der Waals surface area (Å²) in [5, 5.41) is 11.9. The van der Waals surface area contributed by atoms with Crippen molar-refractivity contribution in [3.05, 3.63) is 78.1 Å². The van der Waals surface area contributed by atoms with Crippen molar-refractivity contribution < 1.29 is 14.7 Å². The van der Waals surface area contributed by atoms with Crippen LogP contribution in [0.5, 0.6) is 0 Å². The number of carboxylic acid groups (broad SMARTS) is 1. The third-order valence-electron chi connectivity index (χ3n) is 6.77. The number of carbonyl (C=O) groups excluding carboxylic acids is 1. The number of carboxylic acids is 1. The molecule has 2 N–H and O–H groups in total. The molecule has 1 fully saturated rings. The molecule has 1 aliphatic rings. The Kier molecular flexibility index (Phi) is 7.78. The molecule has 0 aliphatic heterocycles. The molecule has 0 radical (unpaired) electrons. The fourth-order valence-electron chi connectivity index (χ4n) is 4.78. The minimum absolute atomic E-state index is 0.0263. The molecule has 36 heavy (non-hydrogen) atoms. The highest BCUT2D eigenvalue weighted by molar-refractivity contribution is 5.95. The van der Waals surface area contributed by atoms with Crippen molar-refractivity contribution in [2.45, 2.75) is 38.5 Å². The van der Waals surface area contributed by atoms with E-state index >= 15 is 0 Å². The lowest BCUT2D eigenvalue weighted by Crippen LogP contribution is -2.40. The van der Waals surface area contributed by atoms with Crippen molar-refractivity contribution in [1.82, 2.24) is 9.97 Å². The van der Waals surface area contributed by atoms with Crippen LogP contribution in [0.4, 0.5) is 11.6 Å². The first-order valence-corrected chi connectivity index (χ1v) is 12.3. The highest BCUT2D eigenvalue weighted by atomic mass is 16.4. The Bertz CT molecular complexity index is 1230. The summed E-state index contributed by atoms with van der Waals surface area (Å²) in [6.45, 7) is 0. The summed E-state index contributed by atoms with van der Waals surface area (Å²) in [6.07, 6.45) is 11.5. The van der Waals surface area contributed by atoms with E-state index in [4.69, 9.17) is 5.11 Å². The third-order valence-corrected chi connectivity index (χ3v) is 6.77. The lowest BCUT2D eigenvalue weighted by molar-refractivity contribution is -0.131. The molecule has 7 nitrogen and oxygen atoms in total. The van der Waals surface area contributed by atoms with E-state index in [0.29, 0.717) is 17.8 Å². The summed E-state index contributed by atoms with van der Waals surface area (Å²) in [6, 6.07) is 15.9. The highest BCUT2D eigenvalue weighted by Crippen LogP contribution is 2.40. The Morgan fingerprint density at radius 1 is 1.00 bits per heavy atom. The number of hydrogen-bond donors (Lipinski definition) is 2. The van der Waals surface area contributed by atoms with Crippen molar-refractivity contribution in [3.63, 3.8) is 0 Å². The van der Waals surface area contributed by atoms with Gasteiger partial charge in [-0.05, 0) is 66.3 Å². The molecule has 7 heteroatoms. The van der Waals surface area contributed by atoms with Crippen LogP contribution in [0.1, 0.15) is 43.2 Å². The topological polar surface area (TPSA) is 95.4 Å². The van der Waals surface area contributed by atoms with Crippen molar-refractivity contribution in [2.24, 2.45) is 5.41 Å². The van der Waals surface area contributed by atoms with Crippen LogP contribution < -0.4 is 10.2 Å². The number of carbonyl (C=O) groups is 2. The van der Waals surface area contributed by atoms with Gasteiger partial charge in [0.1, 0.15) is 11.6 Å². The van der Waals surface area contributed by atoms with E-state index in [-0.39, 0.29) is 5.91 Å². The summed E-state index contributed by atoms with van der Waals surface area (Å²) in [5.41, 5.74) is 3.45. The molecule has 1 saturated carbocycles. The molecule has 186 valence electrons. The number of nitrogens with one attached hydrogen (secondary N) is 1. The molecular formula is C29H32N4O3. The Hall–Kier alpha value is -4.00. The number of hydrogen-bond acceptors (Lipinski definition) is 5. The van der Waals surface area contributed by atoms with Gasteiger partial charge in [-0.1, -0.05) is 43.5 Å². The molecule has 1 amide bonds. The summed E-state index contributed by atoms with van der Waals surface area (Å²) in [5.74, 6) is 0.299. The monoisotopic (exact) mass is 484 g/mol. The van der Waals surface area contributed by atoms with E-state index in [1.165, 1.54) is 6.08 Å². The molecule has 2 heterocycles. The number of pyridine rings is 2. The van der Waals surface area contributed by atoms with Crippen LogP contribution in [0.2, 0.25) is 0 Å². The van der Waals surface area contributed by atoms with Crippen LogP contribution in [0, 0.1) is 5.41 Å². The molecule has 0 atom stereocenters. The number of anilines is 2. The lowest BCUT2D eigenvalue weighted by atomic mass is 9.69. The maximum atomic E-state index is 13.6. The molecule has 0 unspecified atom stereocenters. The first-order chi connectivity index (χ1) is 17.3. The van der Waals surface area contributed by atoms with Gasteiger partial charge in [-0.25, -0.2) is 14.8 Å². The molecule has 0 saturated heterocycles. The number of amides is 1. The van der Waals surface area contributed by atoms with Gasteiger partial charge in [0.2, 0.25) is 5.91 Å². The van der Waals surface area contributed by atoms with E-state index in [0.717, 1.165) is 60.7 Å². The largest absolute Gasteiger partial charge is 0.478 e. The second-order valence-electron chi connectivity index (χ2n) is 9.61. The Labute approximate surface area is 211 Å². The van der Waals surface area contributed by atoms with E-state index in [1.54, 1.807) is 18.3 Å². The van der Waals surface area contributed by atoms with Crippen LogP contribution in [-0.2, 0) is 16.0 Å². The summed E-state index contributed by atoms with van der Waals surface area (Å²) < 4.78 is 0. The fraction of sp³-hybridized carbons (Fsp3) is 0.310. The Morgan fingerprint density at radius 3 is 2.36 bits per heavy atom. The standard InChI is InChI=1S/C29H32N4O3/c1-33(2)26-12-11-24(20-31-26)23-9-6-22(7-10-23)19-29(15-4-3-5-16-29)28(36)32-25-18-21(14-17-30-25)8-13-27(34)35/h6-14,17-18,20H,3-5,15-16,19H2,1-2H3,(H,34,35)(H,30,32,36)/b13-8+. The number of rotatable bonds is 8. The molecule has 0 spiro atoms. The first-order valence-electron chi connectivity index (χ1n) is 12.3. The number of aromatic nitrogens is 2. The van der Waals surface area contributed by atoms with E-state index in [2.05, 4.69) is 45.6 Å². The quantitative estimate of drug-likeness (QED) is 0.414. The number of nitrogens with zero attached hydrogens (tertiary/aromatic N) is 3. The van der Waals surface area contributed by atoms with E-state index in [9.17, 15) is 9.59 Å². The smallest absolute Gasteiger partial charge is 0.328 e. The molecule has 2 aromatic heterocycles. The van der Waals surface area contributed by atoms with Crippen molar-refractivity contribution in [1.29, 1.82) is 0 Å². The Morgan fingerprint density at radius 2 is 1.72 bits per heavy atom. The zero-order valence-electron chi connectivity index (χ0n) is 20.8. The predicted molar refractivity (Wildman–Crippen MR) is 143 cm³/mol. The van der Waals surface area contributed by atoms with Crippen LogP contribution in [0.25, 0.3) is 17.2 Å². The second kappa shape index (κ2) is 11.2. The maximum Gasteiger partial charge on any atom is 0.328 e. The molecular weight excluding hydrogens is 452 g/mol. The molecule has 1 aliphatic carbocycles. The Balaban J connectivity index is 1.50. The van der Waals surface area contributed by atoms with E-state index in [1.807, 2.05) is 31.3 Å². The zero-order chi connectivity index (χ0) is 25.5. The molecule has 1 aromatic carbocycles. The molecule has 3 aromatic rings. The van der Waals surface area contributed by atoms with Crippen LogP contribution in [0.15, 0.2) is 67.0 Å². The molecule has 0 bridgehead atoms. The molecule has 4 rings (SSSR count).